The van der Waals surface area contributed by atoms with Crippen molar-refractivity contribution in [1.29, 1.82) is 0 Å². The van der Waals surface area contributed by atoms with Gasteiger partial charge in [0, 0.05) is 20.6 Å². The summed E-state index contributed by atoms with van der Waals surface area (Å²) in [7, 11) is 0.0609. The van der Waals surface area contributed by atoms with Crippen LogP contribution in [0.2, 0.25) is 0 Å². The molecule has 0 aliphatic carbocycles. The molecule has 6 heteroatoms. The first-order valence-corrected chi connectivity index (χ1v) is 9.76. The zero-order chi connectivity index (χ0) is 17.0. The monoisotopic (exact) mass is 342 g/mol. The first kappa shape index (κ1) is 18.4. The summed E-state index contributed by atoms with van der Waals surface area (Å²) in [4.78, 5) is 2.34. The van der Waals surface area contributed by atoms with E-state index < -0.39 is 10.0 Å². The average molecular weight is 342 g/mol. The summed E-state index contributed by atoms with van der Waals surface area (Å²) >= 11 is 0. The summed E-state index contributed by atoms with van der Waals surface area (Å²) in [6.07, 6.45) is 2.76. The maximum atomic E-state index is 13.3. The van der Waals surface area contributed by atoms with E-state index in [0.717, 1.165) is 32.5 Å². The van der Waals surface area contributed by atoms with Crippen LogP contribution in [0.5, 0.6) is 0 Å². The third-order valence-electron chi connectivity index (χ3n) is 4.55. The molecular formula is C17H27FN2O2S. The zero-order valence-corrected chi connectivity index (χ0v) is 15.1. The number of hydrogen-bond acceptors (Lipinski definition) is 3. The molecule has 1 atom stereocenters. The molecule has 23 heavy (non-hydrogen) atoms. The summed E-state index contributed by atoms with van der Waals surface area (Å²) in [6.45, 7) is 4.64. The number of hydrogen-bond donors (Lipinski definition) is 0. The second-order valence-corrected chi connectivity index (χ2v) is 9.00. The van der Waals surface area contributed by atoms with Crippen molar-refractivity contribution >= 4 is 10.0 Å². The second kappa shape index (κ2) is 7.73. The standard InChI is InChI=1S/C17H27FN2O2S/c1-14-11-15(5-6-17(14)18)12-16-7-9-20(13-16)8-4-10-23(21,22)19(2)3/h5-6,11,16H,4,7-10,12-13H2,1-3H3. The fourth-order valence-electron chi connectivity index (χ4n) is 3.10. The number of aryl methyl sites for hydroxylation is 1. The van der Waals surface area contributed by atoms with Crippen molar-refractivity contribution in [3.8, 4) is 0 Å². The van der Waals surface area contributed by atoms with Crippen molar-refractivity contribution < 1.29 is 12.8 Å². The maximum Gasteiger partial charge on any atom is 0.213 e. The molecule has 1 aromatic rings. The van der Waals surface area contributed by atoms with Crippen molar-refractivity contribution in [3.63, 3.8) is 0 Å². The summed E-state index contributed by atoms with van der Waals surface area (Å²) < 4.78 is 38.1. The van der Waals surface area contributed by atoms with Crippen molar-refractivity contribution in [2.24, 2.45) is 5.92 Å². The van der Waals surface area contributed by atoms with Crippen LogP contribution in [0.3, 0.4) is 0 Å². The van der Waals surface area contributed by atoms with Gasteiger partial charge in [-0.05, 0) is 62.4 Å². The summed E-state index contributed by atoms with van der Waals surface area (Å²) in [5.74, 6) is 0.632. The summed E-state index contributed by atoms with van der Waals surface area (Å²) in [6, 6.07) is 5.35. The summed E-state index contributed by atoms with van der Waals surface area (Å²) in [5.41, 5.74) is 1.89. The normalized spacial score (nSPS) is 19.6. The molecule has 0 amide bonds. The number of nitrogens with zero attached hydrogens (tertiary/aromatic N) is 2. The minimum absolute atomic E-state index is 0.149. The second-order valence-electron chi connectivity index (χ2n) is 6.69. The van der Waals surface area contributed by atoms with Gasteiger partial charge in [0.15, 0.2) is 0 Å². The highest BCUT2D eigenvalue weighted by molar-refractivity contribution is 7.89. The maximum absolute atomic E-state index is 13.3. The van der Waals surface area contributed by atoms with Gasteiger partial charge in [-0.3, -0.25) is 0 Å². The molecule has 1 unspecified atom stereocenters. The van der Waals surface area contributed by atoms with E-state index >= 15 is 0 Å². The van der Waals surface area contributed by atoms with E-state index in [-0.39, 0.29) is 11.6 Å². The highest BCUT2D eigenvalue weighted by Crippen LogP contribution is 2.22. The van der Waals surface area contributed by atoms with Gasteiger partial charge in [-0.2, -0.15) is 0 Å². The SMILES string of the molecule is Cc1cc(CC2CCN(CCCS(=O)(=O)N(C)C)C2)ccc1F. The van der Waals surface area contributed by atoms with Crippen LogP contribution in [-0.2, 0) is 16.4 Å². The molecule has 1 fully saturated rings. The van der Waals surface area contributed by atoms with Gasteiger partial charge in [0.25, 0.3) is 0 Å². The molecule has 4 nitrogen and oxygen atoms in total. The minimum atomic E-state index is -3.09. The molecule has 0 radical (unpaired) electrons. The lowest BCUT2D eigenvalue weighted by Gasteiger charge is -2.17. The topological polar surface area (TPSA) is 40.6 Å². The molecule has 1 aliphatic rings. The molecule has 1 aliphatic heterocycles. The Morgan fingerprint density at radius 1 is 1.35 bits per heavy atom. The van der Waals surface area contributed by atoms with Gasteiger partial charge in [0.05, 0.1) is 5.75 Å². The van der Waals surface area contributed by atoms with E-state index in [1.807, 2.05) is 12.1 Å². The van der Waals surface area contributed by atoms with Crippen molar-refractivity contribution in [2.45, 2.75) is 26.2 Å². The minimum Gasteiger partial charge on any atom is -0.303 e. The molecule has 0 bridgehead atoms. The van der Waals surface area contributed by atoms with Crippen molar-refractivity contribution in [2.75, 3.05) is 39.5 Å². The largest absolute Gasteiger partial charge is 0.303 e. The highest BCUT2D eigenvalue weighted by Gasteiger charge is 2.23. The van der Waals surface area contributed by atoms with Crippen LogP contribution >= 0.6 is 0 Å². The lowest BCUT2D eigenvalue weighted by Crippen LogP contribution is -2.29. The molecule has 1 saturated heterocycles. The van der Waals surface area contributed by atoms with Gasteiger partial charge < -0.3 is 4.90 Å². The van der Waals surface area contributed by atoms with E-state index in [4.69, 9.17) is 0 Å². The number of benzene rings is 1. The van der Waals surface area contributed by atoms with Crippen LogP contribution in [0.1, 0.15) is 24.0 Å². The lowest BCUT2D eigenvalue weighted by molar-refractivity contribution is 0.324. The highest BCUT2D eigenvalue weighted by atomic mass is 32.2. The number of sulfonamides is 1. The van der Waals surface area contributed by atoms with E-state index in [0.29, 0.717) is 17.9 Å². The van der Waals surface area contributed by atoms with Crippen LogP contribution in [-0.4, -0.2) is 57.1 Å². The zero-order valence-electron chi connectivity index (χ0n) is 14.3. The molecule has 2 rings (SSSR count). The predicted octanol–water partition coefficient (Wildman–Crippen LogP) is 2.28. The van der Waals surface area contributed by atoms with Crippen LogP contribution < -0.4 is 0 Å². The molecule has 130 valence electrons. The van der Waals surface area contributed by atoms with Crippen LogP contribution in [0.25, 0.3) is 0 Å². The molecule has 0 saturated carbocycles. The third-order valence-corrected chi connectivity index (χ3v) is 6.47. The number of likely N-dealkylation sites (tertiary alicyclic amines) is 1. The van der Waals surface area contributed by atoms with Gasteiger partial charge >= 0.3 is 0 Å². The van der Waals surface area contributed by atoms with E-state index in [2.05, 4.69) is 4.90 Å². The molecule has 0 aromatic heterocycles. The Morgan fingerprint density at radius 2 is 2.09 bits per heavy atom. The van der Waals surface area contributed by atoms with Gasteiger partial charge in [-0.25, -0.2) is 17.1 Å². The Morgan fingerprint density at radius 3 is 2.74 bits per heavy atom. The first-order valence-electron chi connectivity index (χ1n) is 8.15. The van der Waals surface area contributed by atoms with Crippen LogP contribution in [0, 0.1) is 18.7 Å². The quantitative estimate of drug-likeness (QED) is 0.763. The van der Waals surface area contributed by atoms with Gasteiger partial charge in [0.1, 0.15) is 5.82 Å². The fourth-order valence-corrected chi connectivity index (χ4v) is 3.96. The van der Waals surface area contributed by atoms with Gasteiger partial charge in [0.2, 0.25) is 10.0 Å². The Balaban J connectivity index is 1.77. The molecule has 0 N–H and O–H groups in total. The average Bonchev–Trinajstić information content (AvgIpc) is 2.90. The molecular weight excluding hydrogens is 315 g/mol. The smallest absolute Gasteiger partial charge is 0.213 e. The lowest BCUT2D eigenvalue weighted by atomic mass is 9.97. The Bertz CT molecular complexity index is 631. The van der Waals surface area contributed by atoms with Crippen molar-refractivity contribution in [1.82, 2.24) is 9.21 Å². The Kier molecular flexibility index (Phi) is 6.17. The Labute approximate surface area is 139 Å². The van der Waals surface area contributed by atoms with Gasteiger partial charge in [-0.1, -0.05) is 12.1 Å². The number of rotatable bonds is 7. The summed E-state index contributed by atoms with van der Waals surface area (Å²) in [5, 5.41) is 0. The first-order chi connectivity index (χ1) is 10.8. The molecule has 1 aromatic carbocycles. The van der Waals surface area contributed by atoms with E-state index in [1.54, 1.807) is 27.1 Å². The van der Waals surface area contributed by atoms with Crippen molar-refractivity contribution in [3.05, 3.63) is 35.1 Å². The molecule has 0 spiro atoms. The van der Waals surface area contributed by atoms with Crippen LogP contribution in [0.15, 0.2) is 18.2 Å². The number of halogens is 1. The van der Waals surface area contributed by atoms with E-state index in [1.165, 1.54) is 9.87 Å². The fraction of sp³-hybridized carbons (Fsp3) is 0.647. The Hall–Kier alpha value is -0.980. The third kappa shape index (κ3) is 5.26. The van der Waals surface area contributed by atoms with Gasteiger partial charge in [-0.15, -0.1) is 0 Å². The van der Waals surface area contributed by atoms with Crippen LogP contribution in [0.4, 0.5) is 4.39 Å². The predicted molar refractivity (Wildman–Crippen MR) is 91.5 cm³/mol. The molecule has 1 heterocycles. The van der Waals surface area contributed by atoms with E-state index in [9.17, 15) is 12.8 Å².